The molecular formula is C5H7N3O. The Hall–Kier alpha value is -1.19. The molecule has 0 radical (unpaired) electrons. The normalized spacial score (nSPS) is 9.33. The van der Waals surface area contributed by atoms with Crippen molar-refractivity contribution in [2.24, 2.45) is 5.18 Å². The quantitative estimate of drug-likeness (QED) is 0.557. The van der Waals surface area contributed by atoms with Crippen LogP contribution in [0.1, 0.15) is 0 Å². The average molecular weight is 125 g/mol. The molecule has 0 atom stereocenters. The van der Waals surface area contributed by atoms with Crippen molar-refractivity contribution in [2.75, 3.05) is 6.54 Å². The molecule has 0 saturated heterocycles. The minimum Gasteiger partial charge on any atom is -0.336 e. The van der Waals surface area contributed by atoms with Crippen molar-refractivity contribution in [3.05, 3.63) is 23.6 Å². The lowest BCUT2D eigenvalue weighted by Gasteiger charge is -1.92. The van der Waals surface area contributed by atoms with Gasteiger partial charge in [-0.1, -0.05) is 5.18 Å². The van der Waals surface area contributed by atoms with Gasteiger partial charge in [-0.05, 0) is 0 Å². The number of imidazole rings is 1. The second kappa shape index (κ2) is 2.96. The standard InChI is InChI=1S/C5H7N3O/c9-7-2-4-8-3-1-6-5-8/h1,3,5H,2,4H2. The highest BCUT2D eigenvalue weighted by atomic mass is 16.3. The summed E-state index contributed by atoms with van der Waals surface area (Å²) in [6, 6.07) is 0. The maximum absolute atomic E-state index is 9.62. The molecule has 0 bridgehead atoms. The van der Waals surface area contributed by atoms with Crippen LogP contribution in [0.4, 0.5) is 0 Å². The van der Waals surface area contributed by atoms with Gasteiger partial charge in [-0.3, -0.25) is 0 Å². The highest BCUT2D eigenvalue weighted by Gasteiger charge is 1.85. The van der Waals surface area contributed by atoms with Gasteiger partial charge in [0.2, 0.25) is 0 Å². The third kappa shape index (κ3) is 1.64. The lowest BCUT2D eigenvalue weighted by molar-refractivity contribution is 0.706. The van der Waals surface area contributed by atoms with E-state index in [0.29, 0.717) is 13.1 Å². The highest BCUT2D eigenvalue weighted by molar-refractivity contribution is 4.73. The van der Waals surface area contributed by atoms with E-state index >= 15 is 0 Å². The topological polar surface area (TPSA) is 47.2 Å². The predicted octanol–water partition coefficient (Wildman–Crippen LogP) is 0.649. The van der Waals surface area contributed by atoms with Crippen LogP contribution in [0.2, 0.25) is 0 Å². The third-order valence-electron chi connectivity index (χ3n) is 1.01. The number of rotatable bonds is 3. The van der Waals surface area contributed by atoms with Gasteiger partial charge in [-0.25, -0.2) is 4.98 Å². The van der Waals surface area contributed by atoms with Crippen molar-refractivity contribution in [1.29, 1.82) is 0 Å². The van der Waals surface area contributed by atoms with Crippen LogP contribution in [-0.2, 0) is 6.54 Å². The summed E-state index contributed by atoms with van der Waals surface area (Å²) in [5, 5.41) is 2.71. The molecule has 1 aromatic heterocycles. The fraction of sp³-hybridized carbons (Fsp3) is 0.400. The Bertz CT molecular complexity index is 170. The lowest BCUT2D eigenvalue weighted by Crippen LogP contribution is -1.96. The SMILES string of the molecule is O=NCCn1ccnc1. The molecule has 0 spiro atoms. The zero-order valence-corrected chi connectivity index (χ0v) is 4.90. The number of nitroso groups, excluding NO2 is 1. The predicted molar refractivity (Wildman–Crippen MR) is 32.9 cm³/mol. The number of nitrogens with zero attached hydrogens (tertiary/aromatic N) is 3. The molecule has 0 unspecified atom stereocenters. The van der Waals surface area contributed by atoms with Crippen LogP contribution in [0.25, 0.3) is 0 Å². The van der Waals surface area contributed by atoms with Crippen molar-refractivity contribution >= 4 is 0 Å². The van der Waals surface area contributed by atoms with Gasteiger partial charge in [-0.2, -0.15) is 4.91 Å². The molecule has 0 N–H and O–H groups in total. The van der Waals surface area contributed by atoms with Crippen LogP contribution in [0.5, 0.6) is 0 Å². The highest BCUT2D eigenvalue weighted by Crippen LogP contribution is 1.84. The fourth-order valence-corrected chi connectivity index (χ4v) is 0.575. The van der Waals surface area contributed by atoms with E-state index < -0.39 is 0 Å². The van der Waals surface area contributed by atoms with Crippen molar-refractivity contribution in [3.63, 3.8) is 0 Å². The Labute approximate surface area is 52.5 Å². The van der Waals surface area contributed by atoms with Crippen LogP contribution >= 0.6 is 0 Å². The average Bonchev–Trinajstić information content (AvgIpc) is 2.34. The van der Waals surface area contributed by atoms with Gasteiger partial charge in [0.25, 0.3) is 0 Å². The van der Waals surface area contributed by atoms with Gasteiger partial charge in [0.05, 0.1) is 12.9 Å². The summed E-state index contributed by atoms with van der Waals surface area (Å²) in [6.07, 6.45) is 5.13. The van der Waals surface area contributed by atoms with Crippen LogP contribution in [0.15, 0.2) is 23.9 Å². The van der Waals surface area contributed by atoms with Gasteiger partial charge < -0.3 is 4.57 Å². The number of hydrogen-bond acceptors (Lipinski definition) is 3. The summed E-state index contributed by atoms with van der Waals surface area (Å²) in [6.45, 7) is 0.944. The largest absolute Gasteiger partial charge is 0.336 e. The first-order valence-electron chi connectivity index (χ1n) is 2.68. The molecule has 0 aromatic carbocycles. The second-order valence-electron chi connectivity index (χ2n) is 1.65. The summed E-state index contributed by atoms with van der Waals surface area (Å²) in [5.41, 5.74) is 0. The first-order valence-corrected chi connectivity index (χ1v) is 2.68. The summed E-state index contributed by atoms with van der Waals surface area (Å²) in [4.78, 5) is 13.4. The molecule has 0 aliphatic rings. The van der Waals surface area contributed by atoms with Crippen LogP contribution in [0.3, 0.4) is 0 Å². The maximum Gasteiger partial charge on any atom is 0.0990 e. The van der Waals surface area contributed by atoms with Gasteiger partial charge in [0.1, 0.15) is 0 Å². The second-order valence-corrected chi connectivity index (χ2v) is 1.65. The number of hydrogen-bond donors (Lipinski definition) is 0. The van der Waals surface area contributed by atoms with Gasteiger partial charge >= 0.3 is 0 Å². The molecule has 1 heterocycles. The third-order valence-corrected chi connectivity index (χ3v) is 1.01. The van der Waals surface area contributed by atoms with Crippen LogP contribution in [-0.4, -0.2) is 16.1 Å². The molecule has 1 aromatic rings. The van der Waals surface area contributed by atoms with Crippen molar-refractivity contribution in [3.8, 4) is 0 Å². The first kappa shape index (κ1) is 5.94. The molecule has 1 rings (SSSR count). The Kier molecular flexibility index (Phi) is 1.95. The van der Waals surface area contributed by atoms with Gasteiger partial charge in [0, 0.05) is 18.9 Å². The van der Waals surface area contributed by atoms with Crippen LogP contribution < -0.4 is 0 Å². The summed E-state index contributed by atoms with van der Waals surface area (Å²) in [7, 11) is 0. The van der Waals surface area contributed by atoms with E-state index in [2.05, 4.69) is 10.2 Å². The van der Waals surface area contributed by atoms with E-state index in [4.69, 9.17) is 0 Å². The summed E-state index contributed by atoms with van der Waals surface area (Å²) >= 11 is 0. The molecule has 0 amide bonds. The molecule has 0 saturated carbocycles. The van der Waals surface area contributed by atoms with Gasteiger partial charge in [-0.15, -0.1) is 0 Å². The molecule has 48 valence electrons. The molecule has 0 aliphatic carbocycles. The minimum atomic E-state index is 0.316. The number of aromatic nitrogens is 2. The Morgan fingerprint density at radius 3 is 3.11 bits per heavy atom. The molecule has 0 aliphatic heterocycles. The lowest BCUT2D eigenvalue weighted by atomic mass is 10.6. The van der Waals surface area contributed by atoms with E-state index in [9.17, 15) is 4.91 Å². The van der Waals surface area contributed by atoms with Crippen LogP contribution in [0, 0.1) is 4.91 Å². The van der Waals surface area contributed by atoms with E-state index in [1.807, 2.05) is 0 Å². The van der Waals surface area contributed by atoms with Gasteiger partial charge in [0.15, 0.2) is 0 Å². The van der Waals surface area contributed by atoms with Crippen molar-refractivity contribution in [1.82, 2.24) is 9.55 Å². The summed E-state index contributed by atoms with van der Waals surface area (Å²) < 4.78 is 1.81. The maximum atomic E-state index is 9.62. The van der Waals surface area contributed by atoms with E-state index in [1.54, 1.807) is 23.3 Å². The van der Waals surface area contributed by atoms with Crippen molar-refractivity contribution in [2.45, 2.75) is 6.54 Å². The molecular weight excluding hydrogens is 118 g/mol. The minimum absolute atomic E-state index is 0.316. The zero-order chi connectivity index (χ0) is 6.53. The van der Waals surface area contributed by atoms with E-state index in [0.717, 1.165) is 0 Å². The fourth-order valence-electron chi connectivity index (χ4n) is 0.575. The Morgan fingerprint density at radius 1 is 1.67 bits per heavy atom. The zero-order valence-electron chi connectivity index (χ0n) is 4.90. The van der Waals surface area contributed by atoms with E-state index in [1.165, 1.54) is 0 Å². The summed E-state index contributed by atoms with van der Waals surface area (Å²) in [5.74, 6) is 0. The molecule has 4 heteroatoms. The first-order chi connectivity index (χ1) is 4.43. The van der Waals surface area contributed by atoms with E-state index in [-0.39, 0.29) is 0 Å². The monoisotopic (exact) mass is 125 g/mol. The molecule has 4 nitrogen and oxygen atoms in total. The smallest absolute Gasteiger partial charge is 0.0990 e. The Balaban J connectivity index is 2.38. The molecule has 0 fully saturated rings. The Morgan fingerprint density at radius 2 is 2.56 bits per heavy atom. The molecule has 9 heavy (non-hydrogen) atoms. The van der Waals surface area contributed by atoms with Crippen molar-refractivity contribution < 1.29 is 0 Å².